The van der Waals surface area contributed by atoms with Crippen molar-refractivity contribution in [3.63, 3.8) is 0 Å². The molecule has 0 aliphatic carbocycles. The fourth-order valence-electron chi connectivity index (χ4n) is 0.636. The summed E-state index contributed by atoms with van der Waals surface area (Å²) in [5.41, 5.74) is 0. The van der Waals surface area contributed by atoms with E-state index in [0.29, 0.717) is 0 Å². The Morgan fingerprint density at radius 1 is 1.06 bits per heavy atom. The average molecular weight is 316 g/mol. The molecule has 11 heteroatoms. The van der Waals surface area contributed by atoms with Crippen LogP contribution in [0.4, 0.5) is 0 Å². The second-order valence-corrected chi connectivity index (χ2v) is 3.83. The van der Waals surface area contributed by atoms with Crippen molar-refractivity contribution in [3.8, 4) is 0 Å². The molecule has 0 saturated heterocycles. The Labute approximate surface area is 152 Å². The van der Waals surface area contributed by atoms with Gasteiger partial charge in [-0.1, -0.05) is 0 Å². The fourth-order valence-corrected chi connectivity index (χ4v) is 0.983. The number of hydrogen-bond acceptors (Lipinski definition) is 6. The number of phosphoric ester groups is 1. The maximum absolute atomic E-state index is 10.2. The summed E-state index contributed by atoms with van der Waals surface area (Å²) in [5, 5.41) is 35.2. The van der Waals surface area contributed by atoms with Crippen LogP contribution in [0.2, 0.25) is 0 Å². The van der Waals surface area contributed by atoms with Crippen LogP contribution >= 0.6 is 7.82 Å². The Morgan fingerprint density at radius 3 is 1.81 bits per heavy atom. The van der Waals surface area contributed by atoms with Crippen LogP contribution in [0.5, 0.6) is 0 Å². The minimum atomic E-state index is -4.71. The van der Waals surface area contributed by atoms with Gasteiger partial charge in [0.15, 0.2) is 0 Å². The predicted octanol–water partition coefficient (Wildman–Crippen LogP) is -4.66. The molecule has 0 heterocycles. The summed E-state index contributed by atoms with van der Waals surface area (Å²) in [7, 11) is -4.71. The Kier molecular flexibility index (Phi) is 16.6. The first-order chi connectivity index (χ1) is 6.28. The number of hydrogen-bond donors (Lipinski definition) is 6. The summed E-state index contributed by atoms with van der Waals surface area (Å²) in [6, 6.07) is 0. The molecule has 0 radical (unpaired) electrons. The zero-order valence-corrected chi connectivity index (χ0v) is 7.99. The van der Waals surface area contributed by atoms with Crippen molar-refractivity contribution >= 4 is 83.3 Å². The van der Waals surface area contributed by atoms with Crippen molar-refractivity contribution in [2.45, 2.75) is 18.3 Å². The van der Waals surface area contributed by atoms with Crippen molar-refractivity contribution in [1.82, 2.24) is 0 Å². The Morgan fingerprint density at radius 2 is 1.50 bits per heavy atom. The van der Waals surface area contributed by atoms with E-state index in [-0.39, 0.29) is 75.5 Å². The second-order valence-electron chi connectivity index (χ2n) is 2.59. The van der Waals surface area contributed by atoms with E-state index < -0.39 is 39.3 Å². The van der Waals surface area contributed by atoms with Gasteiger partial charge in [-0.25, -0.2) is 4.57 Å². The third-order valence-corrected chi connectivity index (χ3v) is 1.87. The van der Waals surface area contributed by atoms with E-state index in [9.17, 15) is 4.57 Å². The summed E-state index contributed by atoms with van der Waals surface area (Å²) in [6.07, 6.45) is -5.01. The number of phosphoric acid groups is 1. The summed E-state index contributed by atoms with van der Waals surface area (Å²) >= 11 is 0. The van der Waals surface area contributed by atoms with Crippen molar-refractivity contribution in [1.29, 1.82) is 0 Å². The van der Waals surface area contributed by atoms with E-state index in [2.05, 4.69) is 4.52 Å². The van der Waals surface area contributed by atoms with Gasteiger partial charge in [0.1, 0.15) is 18.3 Å². The third-order valence-electron chi connectivity index (χ3n) is 1.39. The van der Waals surface area contributed by atoms with Gasteiger partial charge in [0.25, 0.3) is 0 Å². The first-order valence-corrected chi connectivity index (χ1v) is 5.16. The Bertz CT molecular complexity index is 211. The molecule has 0 unspecified atom stereocenters. The monoisotopic (exact) mass is 316 g/mol. The van der Waals surface area contributed by atoms with Crippen LogP contribution in [0.3, 0.4) is 0 Å². The molecule has 0 aromatic heterocycles. The predicted molar refractivity (Wildman–Crippen MR) is 60.2 cm³/mol. The summed E-state index contributed by atoms with van der Waals surface area (Å²) in [6.45, 7) is -1.63. The molecule has 0 aliphatic rings. The van der Waals surface area contributed by atoms with Gasteiger partial charge in [0, 0.05) is 0 Å². The van der Waals surface area contributed by atoms with Gasteiger partial charge in [0.05, 0.1) is 13.2 Å². The molecule has 94 valence electrons. The van der Waals surface area contributed by atoms with Gasteiger partial charge in [0.2, 0.25) is 0 Å². The molecule has 0 spiro atoms. The van der Waals surface area contributed by atoms with Crippen LogP contribution in [0, 0.1) is 0 Å². The van der Waals surface area contributed by atoms with E-state index in [1.54, 1.807) is 0 Å². The van der Waals surface area contributed by atoms with Crippen LogP contribution < -0.4 is 0 Å². The maximum atomic E-state index is 10.2. The normalized spacial score (nSPS) is 16.6. The molecule has 0 rings (SSSR count). The van der Waals surface area contributed by atoms with Crippen LogP contribution in [0.25, 0.3) is 0 Å². The van der Waals surface area contributed by atoms with Crippen molar-refractivity contribution < 1.29 is 39.3 Å². The molecule has 0 aromatic carbocycles. The van der Waals surface area contributed by atoms with Crippen molar-refractivity contribution in [2.75, 3.05) is 13.2 Å². The molecule has 3 atom stereocenters. The van der Waals surface area contributed by atoms with Gasteiger partial charge < -0.3 is 30.2 Å². The van der Waals surface area contributed by atoms with Crippen LogP contribution in [0.1, 0.15) is 0 Å². The van der Waals surface area contributed by atoms with Crippen LogP contribution in [-0.2, 0) is 9.09 Å². The first-order valence-electron chi connectivity index (χ1n) is 3.63. The molecule has 8 nitrogen and oxygen atoms in total. The third kappa shape index (κ3) is 11.6. The quantitative estimate of drug-likeness (QED) is 0.212. The summed E-state index contributed by atoms with van der Waals surface area (Å²) in [5.74, 6) is 0. The molecule has 0 fully saturated rings. The Hall–Kier alpha value is 2.47. The molecule has 0 amide bonds. The van der Waals surface area contributed by atoms with Gasteiger partial charge >= 0.3 is 83.3 Å². The van der Waals surface area contributed by atoms with E-state index in [1.165, 1.54) is 0 Å². The molecule has 0 bridgehead atoms. The first kappa shape index (κ1) is 23.6. The molecule has 0 saturated carbocycles. The second kappa shape index (κ2) is 11.3. The Balaban J connectivity index is -0.000000845. The van der Waals surface area contributed by atoms with Crippen LogP contribution in [-0.4, -0.2) is 137 Å². The molecule has 0 aromatic rings. The number of rotatable bonds is 6. The van der Waals surface area contributed by atoms with E-state index in [4.69, 9.17) is 30.2 Å². The van der Waals surface area contributed by atoms with E-state index in [1.807, 2.05) is 0 Å². The molecular formula is C5H17Ca2O8P. The average Bonchev–Trinajstić information content (AvgIpc) is 2.10. The van der Waals surface area contributed by atoms with E-state index >= 15 is 0 Å². The van der Waals surface area contributed by atoms with Gasteiger partial charge in [-0.2, -0.15) is 0 Å². The summed E-state index contributed by atoms with van der Waals surface area (Å²) < 4.78 is 14.0. The zero-order chi connectivity index (χ0) is 11.4. The van der Waals surface area contributed by atoms with Gasteiger partial charge in [-0.05, 0) is 0 Å². The van der Waals surface area contributed by atoms with Crippen molar-refractivity contribution in [3.05, 3.63) is 0 Å². The fraction of sp³-hybridized carbons (Fsp3) is 1.00. The molecule has 0 aliphatic heterocycles. The minimum absolute atomic E-state index is 0. The topological polar surface area (TPSA) is 148 Å². The van der Waals surface area contributed by atoms with Crippen molar-refractivity contribution in [2.24, 2.45) is 0 Å². The molecular weight excluding hydrogens is 299 g/mol. The molecule has 6 N–H and O–H groups in total. The molecule has 16 heavy (non-hydrogen) atoms. The van der Waals surface area contributed by atoms with Crippen LogP contribution in [0.15, 0.2) is 0 Å². The SMILES string of the molecule is O=P(O)(O)OC[C@H](O)[C@@H](O)[C@H](O)CO.[CaH2].[CaH2]. The number of aliphatic hydroxyl groups is 4. The number of aliphatic hydroxyl groups excluding tert-OH is 4. The van der Waals surface area contributed by atoms with Gasteiger partial charge in [-0.3, -0.25) is 4.52 Å². The standard InChI is InChI=1S/C5H13O8P.2Ca.4H/c6-1-3(7)5(9)4(8)2-13-14(10,11)12;;;;;;/h3-9H,1-2H2,(H2,10,11,12);;;;;;/t3-,4+,5+;;;;;;/m1....../s1. The summed E-state index contributed by atoms with van der Waals surface area (Å²) in [4.78, 5) is 16.5. The van der Waals surface area contributed by atoms with E-state index in [0.717, 1.165) is 0 Å². The zero-order valence-electron chi connectivity index (χ0n) is 7.09. The van der Waals surface area contributed by atoms with Gasteiger partial charge in [-0.15, -0.1) is 0 Å².